The molecule has 0 fully saturated rings. The molecule has 0 aliphatic carbocycles. The fourth-order valence-corrected chi connectivity index (χ4v) is 1.66. The Morgan fingerprint density at radius 1 is 1.33 bits per heavy atom. The molecule has 21 heavy (non-hydrogen) atoms. The molecule has 9 heteroatoms. The van der Waals surface area contributed by atoms with E-state index in [9.17, 15) is 18.0 Å². The molecule has 0 atom stereocenters. The molecule has 0 amide bonds. The smallest absolute Gasteiger partial charge is 0.456 e. The highest BCUT2D eigenvalue weighted by Gasteiger charge is 2.41. The van der Waals surface area contributed by atoms with E-state index in [1.54, 1.807) is 24.3 Å². The lowest BCUT2D eigenvalue weighted by molar-refractivity contribution is -0.0888. The molecule has 0 spiro atoms. The zero-order valence-corrected chi connectivity index (χ0v) is 11.2. The van der Waals surface area contributed by atoms with Crippen molar-refractivity contribution in [3.63, 3.8) is 0 Å². The predicted octanol–water partition coefficient (Wildman–Crippen LogP) is 2.76. The van der Waals surface area contributed by atoms with Crippen LogP contribution in [0.1, 0.15) is 10.5 Å². The number of Topliss-reactive ketones (excluding diaryl/α,β-unsaturated/α-hetero) is 1. The van der Waals surface area contributed by atoms with Gasteiger partial charge in [-0.15, -0.1) is 5.10 Å². The number of ether oxygens (including phenoxy) is 1. The van der Waals surface area contributed by atoms with E-state index in [-0.39, 0.29) is 13.2 Å². The summed E-state index contributed by atoms with van der Waals surface area (Å²) in [6.45, 7) is 0.246. The number of carbonyl (C=O) groups excluding carboxylic acids is 1. The maximum absolute atomic E-state index is 12.2. The van der Waals surface area contributed by atoms with Gasteiger partial charge in [0, 0.05) is 0 Å². The zero-order chi connectivity index (χ0) is 15.5. The number of aromatic nitrogens is 3. The number of para-hydroxylation sites is 1. The van der Waals surface area contributed by atoms with Crippen molar-refractivity contribution in [2.24, 2.45) is 0 Å². The van der Waals surface area contributed by atoms with Crippen LogP contribution in [0.15, 0.2) is 30.5 Å². The quantitative estimate of drug-likeness (QED) is 0.795. The Bertz CT molecular complexity index is 643. The number of carbonyl (C=O) groups is 1. The first-order valence-electron chi connectivity index (χ1n) is 5.77. The van der Waals surface area contributed by atoms with E-state index in [1.165, 1.54) is 0 Å². The average Bonchev–Trinajstić information content (AvgIpc) is 2.87. The molecule has 112 valence electrons. The van der Waals surface area contributed by atoms with Crippen molar-refractivity contribution in [1.82, 2.24) is 15.0 Å². The molecule has 0 N–H and O–H groups in total. The molecule has 2 rings (SSSR count). The predicted molar refractivity (Wildman–Crippen MR) is 67.4 cm³/mol. The number of nitrogens with zero attached hydrogens (tertiary/aromatic N) is 3. The van der Waals surface area contributed by atoms with Crippen LogP contribution >= 0.6 is 11.6 Å². The second-order valence-corrected chi connectivity index (χ2v) is 4.38. The third-order valence-electron chi connectivity index (χ3n) is 2.44. The van der Waals surface area contributed by atoms with Crippen LogP contribution < -0.4 is 4.74 Å². The molecule has 0 radical (unpaired) electrons. The Labute approximate surface area is 122 Å². The molecular weight excluding hydrogens is 311 g/mol. The molecule has 1 heterocycles. The maximum Gasteiger partial charge on any atom is 0.456 e. The highest BCUT2D eigenvalue weighted by Crippen LogP contribution is 2.23. The molecule has 0 bridgehead atoms. The van der Waals surface area contributed by atoms with E-state index in [0.717, 1.165) is 10.9 Å². The summed E-state index contributed by atoms with van der Waals surface area (Å²) >= 11 is 5.87. The van der Waals surface area contributed by atoms with E-state index < -0.39 is 17.7 Å². The van der Waals surface area contributed by atoms with Crippen molar-refractivity contribution >= 4 is 17.4 Å². The van der Waals surface area contributed by atoms with Gasteiger partial charge in [-0.05, 0) is 12.1 Å². The largest absolute Gasteiger partial charge is 0.490 e. The molecular formula is C12H9ClF3N3O2. The normalized spacial score (nSPS) is 11.4. The second kappa shape index (κ2) is 6.13. The molecule has 0 saturated carbocycles. The minimum Gasteiger partial charge on any atom is -0.490 e. The van der Waals surface area contributed by atoms with Crippen molar-refractivity contribution in [1.29, 1.82) is 0 Å². The van der Waals surface area contributed by atoms with Crippen LogP contribution in [0.3, 0.4) is 0 Å². The summed E-state index contributed by atoms with van der Waals surface area (Å²) in [5.74, 6) is -1.58. The van der Waals surface area contributed by atoms with E-state index in [0.29, 0.717) is 10.8 Å². The van der Waals surface area contributed by atoms with E-state index in [2.05, 4.69) is 10.3 Å². The van der Waals surface area contributed by atoms with Crippen molar-refractivity contribution in [2.75, 3.05) is 6.61 Å². The molecule has 0 aliphatic heterocycles. The zero-order valence-electron chi connectivity index (χ0n) is 10.5. The Hall–Kier alpha value is -2.09. The molecule has 0 saturated heterocycles. The summed E-state index contributed by atoms with van der Waals surface area (Å²) in [5.41, 5.74) is -0.750. The molecule has 0 aliphatic rings. The van der Waals surface area contributed by atoms with Crippen LogP contribution in [-0.2, 0) is 6.54 Å². The van der Waals surface area contributed by atoms with Gasteiger partial charge in [0.15, 0.2) is 5.69 Å². The van der Waals surface area contributed by atoms with E-state index in [4.69, 9.17) is 16.3 Å². The molecule has 5 nitrogen and oxygen atoms in total. The summed E-state index contributed by atoms with van der Waals surface area (Å²) in [4.78, 5) is 10.9. The van der Waals surface area contributed by atoms with Gasteiger partial charge in [-0.3, -0.25) is 4.79 Å². The first-order valence-corrected chi connectivity index (χ1v) is 6.14. The van der Waals surface area contributed by atoms with Gasteiger partial charge in [0.25, 0.3) is 5.78 Å². The lowest BCUT2D eigenvalue weighted by Crippen LogP contribution is -2.23. The van der Waals surface area contributed by atoms with Gasteiger partial charge in [0.1, 0.15) is 12.4 Å². The summed E-state index contributed by atoms with van der Waals surface area (Å²) in [6, 6.07) is 6.77. The lowest BCUT2D eigenvalue weighted by atomic mass is 10.3. The van der Waals surface area contributed by atoms with Crippen molar-refractivity contribution in [2.45, 2.75) is 12.7 Å². The SMILES string of the molecule is O=C(c1cn(CCOc2ccccc2Cl)nn1)C(F)(F)F. The van der Waals surface area contributed by atoms with Crippen LogP contribution in [0, 0.1) is 0 Å². The number of halogens is 4. The van der Waals surface area contributed by atoms with Crippen molar-refractivity contribution in [3.8, 4) is 5.75 Å². The highest BCUT2D eigenvalue weighted by atomic mass is 35.5. The number of hydrogen-bond acceptors (Lipinski definition) is 4. The van der Waals surface area contributed by atoms with Crippen LogP contribution in [0.2, 0.25) is 5.02 Å². The topological polar surface area (TPSA) is 57.0 Å². The van der Waals surface area contributed by atoms with Gasteiger partial charge in [-0.25, -0.2) is 4.68 Å². The lowest BCUT2D eigenvalue weighted by Gasteiger charge is -2.07. The van der Waals surface area contributed by atoms with Gasteiger partial charge in [0.2, 0.25) is 0 Å². The van der Waals surface area contributed by atoms with Crippen molar-refractivity contribution in [3.05, 3.63) is 41.2 Å². The number of alkyl halides is 3. The minimum atomic E-state index is -4.96. The van der Waals surface area contributed by atoms with Crippen LogP contribution in [0.5, 0.6) is 5.75 Å². The van der Waals surface area contributed by atoms with Gasteiger partial charge in [0.05, 0.1) is 17.8 Å². The highest BCUT2D eigenvalue weighted by molar-refractivity contribution is 6.32. The van der Waals surface area contributed by atoms with E-state index in [1.807, 2.05) is 0 Å². The minimum absolute atomic E-state index is 0.118. The number of benzene rings is 1. The van der Waals surface area contributed by atoms with Gasteiger partial charge >= 0.3 is 6.18 Å². The van der Waals surface area contributed by atoms with E-state index >= 15 is 0 Å². The molecule has 1 aromatic heterocycles. The standard InChI is InChI=1S/C12H9ClF3N3O2/c13-8-3-1-2-4-10(8)21-6-5-19-7-9(17-18-19)11(20)12(14,15)16/h1-4,7H,5-6H2. The van der Waals surface area contributed by atoms with Gasteiger partial charge < -0.3 is 4.74 Å². The van der Waals surface area contributed by atoms with Crippen molar-refractivity contribution < 1.29 is 22.7 Å². The number of ketones is 1. The third kappa shape index (κ3) is 3.94. The Kier molecular flexibility index (Phi) is 4.46. The summed E-state index contributed by atoms with van der Waals surface area (Å²) in [7, 11) is 0. The fourth-order valence-electron chi connectivity index (χ4n) is 1.47. The van der Waals surface area contributed by atoms with Gasteiger partial charge in [-0.2, -0.15) is 13.2 Å². The first-order chi connectivity index (χ1) is 9.88. The molecule has 0 unspecified atom stereocenters. The fraction of sp³-hybridized carbons (Fsp3) is 0.250. The Balaban J connectivity index is 1.92. The average molecular weight is 320 g/mol. The van der Waals surface area contributed by atoms with Crippen LogP contribution in [-0.4, -0.2) is 33.6 Å². The second-order valence-electron chi connectivity index (χ2n) is 3.97. The van der Waals surface area contributed by atoms with Crippen LogP contribution in [0.25, 0.3) is 0 Å². The first kappa shape index (κ1) is 15.3. The summed E-state index contributed by atoms with van der Waals surface area (Å²) in [6.07, 6.45) is -4.04. The number of rotatable bonds is 5. The molecule has 2 aromatic rings. The Morgan fingerprint density at radius 2 is 2.05 bits per heavy atom. The number of hydrogen-bond donors (Lipinski definition) is 0. The summed E-state index contributed by atoms with van der Waals surface area (Å²) in [5, 5.41) is 7.05. The third-order valence-corrected chi connectivity index (χ3v) is 2.76. The Morgan fingerprint density at radius 3 is 2.71 bits per heavy atom. The summed E-state index contributed by atoms with van der Waals surface area (Å²) < 4.78 is 43.0. The van der Waals surface area contributed by atoms with Crippen LogP contribution in [0.4, 0.5) is 13.2 Å². The monoisotopic (exact) mass is 319 g/mol. The van der Waals surface area contributed by atoms with Gasteiger partial charge in [-0.1, -0.05) is 28.9 Å². The molecule has 1 aromatic carbocycles. The maximum atomic E-state index is 12.2.